The van der Waals surface area contributed by atoms with E-state index in [1.54, 1.807) is 20.8 Å². The molecule has 1 atom stereocenters. The molecular weight excluding hydrogens is 325 g/mol. The van der Waals surface area contributed by atoms with Gasteiger partial charge in [0.05, 0.1) is 12.5 Å². The molecule has 1 aliphatic heterocycles. The number of carbonyl (C=O) groups excluding carboxylic acids is 1. The molecule has 1 heterocycles. The molecule has 140 valence electrons. The molecular formula is C16H27F3N2O3. The van der Waals surface area contributed by atoms with Gasteiger partial charge in [0.1, 0.15) is 11.2 Å². The van der Waals surface area contributed by atoms with Crippen LogP contribution in [0.5, 0.6) is 0 Å². The van der Waals surface area contributed by atoms with Gasteiger partial charge in [0.15, 0.2) is 0 Å². The largest absolute Gasteiger partial charge is 0.444 e. The van der Waals surface area contributed by atoms with Crippen LogP contribution in [-0.4, -0.2) is 52.1 Å². The summed E-state index contributed by atoms with van der Waals surface area (Å²) in [4.78, 5) is 13.5. The van der Waals surface area contributed by atoms with Crippen LogP contribution in [0.15, 0.2) is 0 Å². The number of ether oxygens (including phenoxy) is 1. The van der Waals surface area contributed by atoms with E-state index >= 15 is 0 Å². The number of likely N-dealkylation sites (tertiary alicyclic amines) is 1. The van der Waals surface area contributed by atoms with Crippen molar-refractivity contribution < 1.29 is 27.8 Å². The fourth-order valence-electron chi connectivity index (χ4n) is 3.61. The predicted octanol–water partition coefficient (Wildman–Crippen LogP) is 2.81. The maximum atomic E-state index is 12.8. The van der Waals surface area contributed by atoms with Crippen molar-refractivity contribution in [2.24, 2.45) is 11.7 Å². The zero-order valence-corrected chi connectivity index (χ0v) is 14.4. The van der Waals surface area contributed by atoms with E-state index in [1.807, 2.05) is 0 Å². The van der Waals surface area contributed by atoms with Gasteiger partial charge in [-0.3, -0.25) is 0 Å². The first-order valence-corrected chi connectivity index (χ1v) is 8.32. The van der Waals surface area contributed by atoms with Crippen molar-refractivity contribution in [1.29, 1.82) is 0 Å². The number of aliphatic hydroxyl groups is 1. The van der Waals surface area contributed by atoms with Crippen LogP contribution in [0.2, 0.25) is 0 Å². The number of nitrogens with zero attached hydrogens (tertiary/aromatic N) is 1. The van der Waals surface area contributed by atoms with E-state index in [9.17, 15) is 23.1 Å². The fraction of sp³-hybridized carbons (Fsp3) is 0.938. The summed E-state index contributed by atoms with van der Waals surface area (Å²) in [6.07, 6.45) is -4.50. The number of hydrogen-bond donors (Lipinski definition) is 2. The van der Waals surface area contributed by atoms with Crippen molar-refractivity contribution in [3.05, 3.63) is 0 Å². The van der Waals surface area contributed by atoms with Gasteiger partial charge in [0.25, 0.3) is 0 Å². The number of amides is 1. The zero-order valence-electron chi connectivity index (χ0n) is 14.4. The minimum Gasteiger partial charge on any atom is -0.444 e. The van der Waals surface area contributed by atoms with E-state index < -0.39 is 34.9 Å². The van der Waals surface area contributed by atoms with E-state index in [-0.39, 0.29) is 45.2 Å². The lowest BCUT2D eigenvalue weighted by Gasteiger charge is -2.46. The van der Waals surface area contributed by atoms with Gasteiger partial charge in [-0.2, -0.15) is 13.2 Å². The molecule has 0 bridgehead atoms. The highest BCUT2D eigenvalue weighted by molar-refractivity contribution is 5.68. The molecule has 0 spiro atoms. The summed E-state index contributed by atoms with van der Waals surface area (Å²) >= 11 is 0. The van der Waals surface area contributed by atoms with E-state index in [1.165, 1.54) is 4.90 Å². The maximum absolute atomic E-state index is 12.8. The molecule has 1 saturated carbocycles. The Morgan fingerprint density at radius 3 is 2.21 bits per heavy atom. The molecule has 0 aromatic rings. The highest BCUT2D eigenvalue weighted by Gasteiger charge is 2.56. The Labute approximate surface area is 140 Å². The Kier molecular flexibility index (Phi) is 4.87. The lowest BCUT2D eigenvalue weighted by molar-refractivity contribution is -0.190. The van der Waals surface area contributed by atoms with Crippen molar-refractivity contribution in [1.82, 2.24) is 4.90 Å². The quantitative estimate of drug-likeness (QED) is 0.761. The first-order valence-electron chi connectivity index (χ1n) is 8.32. The molecule has 0 radical (unpaired) electrons. The molecule has 5 nitrogen and oxygen atoms in total. The molecule has 1 unspecified atom stereocenters. The third-order valence-electron chi connectivity index (χ3n) is 5.17. The van der Waals surface area contributed by atoms with Gasteiger partial charge in [-0.25, -0.2) is 4.79 Å². The highest BCUT2D eigenvalue weighted by atomic mass is 19.4. The molecule has 1 saturated heterocycles. The number of nitrogens with two attached hydrogens (primary N) is 1. The zero-order chi connectivity index (χ0) is 18.4. The molecule has 1 aliphatic carbocycles. The number of rotatable bonds is 1. The predicted molar refractivity (Wildman–Crippen MR) is 82.3 cm³/mol. The van der Waals surface area contributed by atoms with Crippen molar-refractivity contribution >= 4 is 6.09 Å². The maximum Gasteiger partial charge on any atom is 0.410 e. The van der Waals surface area contributed by atoms with Crippen LogP contribution in [0.3, 0.4) is 0 Å². The van der Waals surface area contributed by atoms with E-state index in [2.05, 4.69) is 0 Å². The van der Waals surface area contributed by atoms with E-state index in [0.29, 0.717) is 0 Å². The first kappa shape index (κ1) is 19.3. The van der Waals surface area contributed by atoms with Gasteiger partial charge < -0.3 is 20.5 Å². The SMILES string of the molecule is CC(C)(C)OC(=O)N1CCC(O)(C2(N)CCC(C(F)(F)F)CC2)C1. The molecule has 0 aromatic carbocycles. The second kappa shape index (κ2) is 6.05. The van der Waals surface area contributed by atoms with Crippen molar-refractivity contribution in [3.63, 3.8) is 0 Å². The summed E-state index contributed by atoms with van der Waals surface area (Å²) in [5.41, 5.74) is 3.17. The minimum atomic E-state index is -4.22. The molecule has 2 rings (SSSR count). The Bertz CT molecular complexity index is 482. The average Bonchev–Trinajstić information content (AvgIpc) is 2.81. The molecule has 24 heavy (non-hydrogen) atoms. The fourth-order valence-corrected chi connectivity index (χ4v) is 3.61. The molecule has 8 heteroatoms. The van der Waals surface area contributed by atoms with Crippen molar-refractivity contribution in [2.45, 2.75) is 75.8 Å². The summed E-state index contributed by atoms with van der Waals surface area (Å²) in [7, 11) is 0. The first-order chi connectivity index (χ1) is 10.8. The monoisotopic (exact) mass is 352 g/mol. The summed E-state index contributed by atoms with van der Waals surface area (Å²) in [6, 6.07) is 0. The van der Waals surface area contributed by atoms with Gasteiger partial charge in [0.2, 0.25) is 0 Å². The van der Waals surface area contributed by atoms with E-state index in [0.717, 1.165) is 0 Å². The normalized spacial score (nSPS) is 35.2. The summed E-state index contributed by atoms with van der Waals surface area (Å²) in [5.74, 6) is -1.36. The van der Waals surface area contributed by atoms with Crippen molar-refractivity contribution in [3.8, 4) is 0 Å². The Hall–Kier alpha value is -1.02. The Morgan fingerprint density at radius 2 is 1.75 bits per heavy atom. The van der Waals surface area contributed by atoms with Gasteiger partial charge >= 0.3 is 12.3 Å². The summed E-state index contributed by atoms with van der Waals surface area (Å²) < 4.78 is 43.7. The lowest BCUT2D eigenvalue weighted by Crippen LogP contribution is -2.63. The standard InChI is InChI=1S/C16H27F3N2O3/c1-13(2,3)24-12(22)21-9-8-15(23,10-21)14(20)6-4-11(5-7-14)16(17,18)19/h11,23H,4-10,20H2,1-3H3. The number of β-amino-alcohol motifs (C(OH)–C–C–N with tert-alkyl or cyclic N) is 1. The van der Waals surface area contributed by atoms with Crippen LogP contribution in [0.1, 0.15) is 52.9 Å². The summed E-state index contributed by atoms with van der Waals surface area (Å²) in [5, 5.41) is 10.9. The number of hydrogen-bond acceptors (Lipinski definition) is 4. The smallest absolute Gasteiger partial charge is 0.410 e. The Morgan fingerprint density at radius 1 is 1.21 bits per heavy atom. The highest BCUT2D eigenvalue weighted by Crippen LogP contribution is 2.46. The second-order valence-electron chi connectivity index (χ2n) is 8.16. The van der Waals surface area contributed by atoms with Gasteiger partial charge in [0, 0.05) is 12.1 Å². The molecule has 3 N–H and O–H groups in total. The topological polar surface area (TPSA) is 75.8 Å². The van der Waals surface area contributed by atoms with Gasteiger partial charge in [-0.05, 0) is 52.9 Å². The van der Waals surface area contributed by atoms with Crippen LogP contribution in [0.25, 0.3) is 0 Å². The minimum absolute atomic E-state index is 0.00486. The molecule has 0 aromatic heterocycles. The van der Waals surface area contributed by atoms with Crippen molar-refractivity contribution in [2.75, 3.05) is 13.1 Å². The lowest BCUT2D eigenvalue weighted by atomic mass is 9.67. The number of halogens is 3. The Balaban J connectivity index is 2.01. The number of alkyl halides is 3. The summed E-state index contributed by atoms with van der Waals surface area (Å²) in [6.45, 7) is 5.52. The molecule has 2 aliphatic rings. The van der Waals surface area contributed by atoms with Crippen LogP contribution in [0, 0.1) is 5.92 Å². The van der Waals surface area contributed by atoms with Crippen LogP contribution >= 0.6 is 0 Å². The van der Waals surface area contributed by atoms with Gasteiger partial charge in [-0.15, -0.1) is 0 Å². The van der Waals surface area contributed by atoms with Crippen LogP contribution in [0.4, 0.5) is 18.0 Å². The third kappa shape index (κ3) is 3.96. The van der Waals surface area contributed by atoms with Gasteiger partial charge in [-0.1, -0.05) is 0 Å². The third-order valence-corrected chi connectivity index (χ3v) is 5.17. The van der Waals surface area contributed by atoms with Crippen LogP contribution in [-0.2, 0) is 4.74 Å². The number of carbonyl (C=O) groups is 1. The van der Waals surface area contributed by atoms with E-state index in [4.69, 9.17) is 10.5 Å². The second-order valence-corrected chi connectivity index (χ2v) is 8.16. The molecule has 1 amide bonds. The average molecular weight is 352 g/mol. The van der Waals surface area contributed by atoms with Crippen LogP contribution < -0.4 is 5.73 Å². The molecule has 2 fully saturated rings.